The zero-order chi connectivity index (χ0) is 14.4. The van der Waals surface area contributed by atoms with Gasteiger partial charge < -0.3 is 9.47 Å². The number of ether oxygens (including phenoxy) is 2. The molecule has 6 nitrogen and oxygen atoms in total. The van der Waals surface area contributed by atoms with Gasteiger partial charge in [0, 0.05) is 0 Å². The van der Waals surface area contributed by atoms with Crippen LogP contribution in [0.5, 0.6) is 5.75 Å². The summed E-state index contributed by atoms with van der Waals surface area (Å²) in [5, 5.41) is 7.22. The second-order valence-corrected chi connectivity index (χ2v) is 3.89. The number of esters is 1. The third-order valence-electron chi connectivity index (χ3n) is 2.50. The smallest absolute Gasteiger partial charge is 0.338 e. The van der Waals surface area contributed by atoms with Crippen LogP contribution in [0.2, 0.25) is 0 Å². The fourth-order valence-corrected chi connectivity index (χ4v) is 1.41. The molecule has 0 radical (unpaired) electrons. The largest absolute Gasteiger partial charge is 0.481 e. The molecule has 1 aromatic heterocycles. The molecule has 6 heteroatoms. The molecule has 2 aromatic rings. The van der Waals surface area contributed by atoms with Crippen LogP contribution in [0.15, 0.2) is 28.9 Å². The van der Waals surface area contributed by atoms with Gasteiger partial charge in [0.1, 0.15) is 30.4 Å². The molecule has 0 unspecified atom stereocenters. The predicted molar refractivity (Wildman–Crippen MR) is 68.9 cm³/mol. The molecule has 20 heavy (non-hydrogen) atoms. The third-order valence-corrected chi connectivity index (χ3v) is 2.50. The molecule has 1 aromatic carbocycles. The fourth-order valence-electron chi connectivity index (χ4n) is 1.41. The summed E-state index contributed by atoms with van der Waals surface area (Å²) in [5.74, 6) is 2.49. The molecule has 0 N–H and O–H groups in total. The second kappa shape index (κ2) is 6.38. The summed E-state index contributed by atoms with van der Waals surface area (Å²) in [4.78, 5) is 11.8. The lowest BCUT2D eigenvalue weighted by molar-refractivity contribution is 0.0463. The Kier molecular flexibility index (Phi) is 4.35. The van der Waals surface area contributed by atoms with Gasteiger partial charge in [0.15, 0.2) is 0 Å². The van der Waals surface area contributed by atoms with Gasteiger partial charge in [-0.1, -0.05) is 16.2 Å². The van der Waals surface area contributed by atoms with Crippen LogP contribution in [0.25, 0.3) is 0 Å². The molecule has 0 spiro atoms. The lowest BCUT2D eigenvalue weighted by Gasteiger charge is -2.05. The zero-order valence-electron chi connectivity index (χ0n) is 10.8. The molecule has 0 saturated carbocycles. The van der Waals surface area contributed by atoms with E-state index in [1.165, 1.54) is 0 Å². The van der Waals surface area contributed by atoms with Crippen molar-refractivity contribution in [2.45, 2.75) is 13.5 Å². The number of benzene rings is 1. The van der Waals surface area contributed by atoms with Crippen LogP contribution in [0.1, 0.15) is 21.7 Å². The van der Waals surface area contributed by atoms with Gasteiger partial charge in [-0.05, 0) is 31.2 Å². The number of rotatable bonds is 5. The van der Waals surface area contributed by atoms with E-state index in [0.717, 1.165) is 0 Å². The minimum Gasteiger partial charge on any atom is -0.481 e. The molecule has 0 bridgehead atoms. The molecule has 0 fully saturated rings. The summed E-state index contributed by atoms with van der Waals surface area (Å²) in [5.41, 5.74) is 1.50. The monoisotopic (exact) mass is 272 g/mol. The molecular weight excluding hydrogens is 260 g/mol. The molecule has 0 aliphatic rings. The Morgan fingerprint density at radius 2 is 2.10 bits per heavy atom. The average Bonchev–Trinajstić information content (AvgIpc) is 2.88. The molecule has 2 rings (SSSR count). The number of hydrogen-bond donors (Lipinski definition) is 0. The number of nitrogens with zero attached hydrogens (tertiary/aromatic N) is 2. The van der Waals surface area contributed by atoms with E-state index in [0.29, 0.717) is 22.7 Å². The molecule has 1 heterocycles. The summed E-state index contributed by atoms with van der Waals surface area (Å²) < 4.78 is 14.8. The lowest BCUT2D eigenvalue weighted by Crippen LogP contribution is -2.06. The summed E-state index contributed by atoms with van der Waals surface area (Å²) in [7, 11) is 0. The van der Waals surface area contributed by atoms with Gasteiger partial charge >= 0.3 is 5.97 Å². The molecule has 0 saturated heterocycles. The first-order valence-electron chi connectivity index (χ1n) is 5.82. The van der Waals surface area contributed by atoms with Crippen LogP contribution < -0.4 is 4.74 Å². The van der Waals surface area contributed by atoms with Gasteiger partial charge in [0.05, 0.1) is 5.56 Å². The third kappa shape index (κ3) is 3.36. The Bertz CT molecular complexity index is 625. The maximum absolute atomic E-state index is 11.8. The van der Waals surface area contributed by atoms with E-state index in [1.807, 2.05) is 0 Å². The van der Waals surface area contributed by atoms with Crippen LogP contribution in [0.3, 0.4) is 0 Å². The molecular formula is C14H12N2O4. The van der Waals surface area contributed by atoms with Crippen molar-refractivity contribution in [3.8, 4) is 18.1 Å². The van der Waals surface area contributed by atoms with Crippen LogP contribution in [0, 0.1) is 19.3 Å². The number of carbonyl (C=O) groups is 1. The number of aromatic nitrogens is 2. The normalized spacial score (nSPS) is 9.80. The van der Waals surface area contributed by atoms with E-state index in [-0.39, 0.29) is 13.2 Å². The highest BCUT2D eigenvalue weighted by molar-refractivity contribution is 5.89. The van der Waals surface area contributed by atoms with Gasteiger partial charge in [0.2, 0.25) is 0 Å². The zero-order valence-corrected chi connectivity index (χ0v) is 10.8. The summed E-state index contributed by atoms with van der Waals surface area (Å²) >= 11 is 0. The number of terminal acetylenes is 1. The Morgan fingerprint density at radius 3 is 2.70 bits per heavy atom. The van der Waals surface area contributed by atoms with Crippen molar-refractivity contribution in [3.05, 3.63) is 41.2 Å². The molecule has 0 atom stereocenters. The average molecular weight is 272 g/mol. The fraction of sp³-hybridized carbons (Fsp3) is 0.214. The van der Waals surface area contributed by atoms with Crippen LogP contribution in [-0.4, -0.2) is 22.9 Å². The van der Waals surface area contributed by atoms with E-state index >= 15 is 0 Å². The van der Waals surface area contributed by atoms with Gasteiger partial charge in [-0.2, -0.15) is 0 Å². The van der Waals surface area contributed by atoms with Gasteiger partial charge in [-0.15, -0.1) is 6.42 Å². The van der Waals surface area contributed by atoms with Gasteiger partial charge in [-0.25, -0.2) is 9.42 Å². The summed E-state index contributed by atoms with van der Waals surface area (Å²) in [6.45, 7) is 1.92. The standard InChI is InChI=1S/C14H12N2O4/c1-3-8-18-12-6-4-11(5-7-12)14(17)19-9-13-10(2)15-20-16-13/h1,4-7H,8-9H2,2H3. The van der Waals surface area contributed by atoms with Crippen molar-refractivity contribution < 1.29 is 18.9 Å². The summed E-state index contributed by atoms with van der Waals surface area (Å²) in [6, 6.07) is 6.50. The Morgan fingerprint density at radius 1 is 1.35 bits per heavy atom. The van der Waals surface area contributed by atoms with Crippen molar-refractivity contribution in [1.29, 1.82) is 0 Å². The SMILES string of the molecule is C#CCOc1ccc(C(=O)OCc2nonc2C)cc1. The van der Waals surface area contributed by atoms with E-state index in [9.17, 15) is 4.79 Å². The van der Waals surface area contributed by atoms with Crippen LogP contribution >= 0.6 is 0 Å². The predicted octanol–water partition coefficient (Wildman–Crippen LogP) is 1.75. The first kappa shape index (κ1) is 13.6. The molecule has 0 aliphatic heterocycles. The highest BCUT2D eigenvalue weighted by atomic mass is 16.6. The Hall–Kier alpha value is -2.81. The van der Waals surface area contributed by atoms with E-state index in [2.05, 4.69) is 20.9 Å². The van der Waals surface area contributed by atoms with Crippen molar-refractivity contribution in [2.75, 3.05) is 6.61 Å². The van der Waals surface area contributed by atoms with Crippen molar-refractivity contribution >= 4 is 5.97 Å². The van der Waals surface area contributed by atoms with E-state index < -0.39 is 5.97 Å². The maximum Gasteiger partial charge on any atom is 0.338 e. The minimum atomic E-state index is -0.462. The quantitative estimate of drug-likeness (QED) is 0.609. The van der Waals surface area contributed by atoms with Gasteiger partial charge in [0.25, 0.3) is 0 Å². The van der Waals surface area contributed by atoms with Crippen LogP contribution in [-0.2, 0) is 11.3 Å². The highest BCUT2D eigenvalue weighted by Gasteiger charge is 2.11. The Labute approximate surface area is 115 Å². The Balaban J connectivity index is 1.92. The maximum atomic E-state index is 11.8. The van der Waals surface area contributed by atoms with Crippen LogP contribution in [0.4, 0.5) is 0 Å². The first-order valence-corrected chi connectivity index (χ1v) is 5.82. The summed E-state index contributed by atoms with van der Waals surface area (Å²) in [6.07, 6.45) is 5.08. The molecule has 0 amide bonds. The van der Waals surface area contributed by atoms with E-state index in [4.69, 9.17) is 15.9 Å². The van der Waals surface area contributed by atoms with Crippen molar-refractivity contribution in [1.82, 2.24) is 10.3 Å². The van der Waals surface area contributed by atoms with Crippen molar-refractivity contribution in [2.24, 2.45) is 0 Å². The minimum absolute atomic E-state index is 0.0174. The number of hydrogen-bond acceptors (Lipinski definition) is 6. The number of carbonyl (C=O) groups excluding carboxylic acids is 1. The highest BCUT2D eigenvalue weighted by Crippen LogP contribution is 2.13. The van der Waals surface area contributed by atoms with Gasteiger partial charge in [-0.3, -0.25) is 0 Å². The molecule has 0 aliphatic carbocycles. The second-order valence-electron chi connectivity index (χ2n) is 3.89. The lowest BCUT2D eigenvalue weighted by atomic mass is 10.2. The first-order chi connectivity index (χ1) is 9.70. The number of aryl methyl sites for hydroxylation is 1. The van der Waals surface area contributed by atoms with Crippen molar-refractivity contribution in [3.63, 3.8) is 0 Å². The topological polar surface area (TPSA) is 74.5 Å². The van der Waals surface area contributed by atoms with E-state index in [1.54, 1.807) is 31.2 Å². The molecule has 102 valence electrons.